The Balaban J connectivity index is 0.00000210. The van der Waals surface area contributed by atoms with Gasteiger partial charge in [-0.3, -0.25) is 4.79 Å². The fraction of sp³-hybridized carbons (Fsp3) is 0.333. The monoisotopic (exact) mass is 455 g/mol. The summed E-state index contributed by atoms with van der Waals surface area (Å²) in [7, 11) is 0. The molecule has 3 N–H and O–H groups in total. The molecule has 0 atom stereocenters. The van der Waals surface area contributed by atoms with Crippen molar-refractivity contribution in [3.05, 3.63) is 47.9 Å². The Kier molecular flexibility index (Phi) is 8.25. The molecule has 0 bridgehead atoms. The molecule has 1 aliphatic carbocycles. The lowest BCUT2D eigenvalue weighted by Crippen LogP contribution is -2.48. The fourth-order valence-electron chi connectivity index (χ4n) is 2.87. The van der Waals surface area contributed by atoms with E-state index in [1.807, 2.05) is 0 Å². The molecule has 11 heteroatoms. The van der Waals surface area contributed by atoms with Gasteiger partial charge < -0.3 is 15.8 Å². The molecule has 0 saturated heterocycles. The quantitative estimate of drug-likeness (QED) is 0.629. The highest BCUT2D eigenvalue weighted by Crippen LogP contribution is 2.32. The van der Waals surface area contributed by atoms with Crippen molar-refractivity contribution in [2.45, 2.75) is 37.4 Å². The second-order valence-electron chi connectivity index (χ2n) is 6.45. The summed E-state index contributed by atoms with van der Waals surface area (Å²) in [5.41, 5.74) is 4.37. The maximum absolute atomic E-state index is 14.2. The molecule has 160 valence electrons. The van der Waals surface area contributed by atoms with Crippen LogP contribution in [0.5, 0.6) is 11.6 Å². The van der Waals surface area contributed by atoms with Crippen molar-refractivity contribution < 1.29 is 27.1 Å². The number of benzene rings is 1. The summed E-state index contributed by atoms with van der Waals surface area (Å²) in [5, 5.41) is 2.58. The minimum Gasteiger partial charge on any atom is -0.436 e. The Morgan fingerprint density at radius 2 is 1.79 bits per heavy atom. The van der Waals surface area contributed by atoms with Crippen LogP contribution in [0.1, 0.15) is 31.2 Å². The number of pyridine rings is 1. The average Bonchev–Trinajstić information content (AvgIpc) is 3.05. The third-order valence-electron chi connectivity index (χ3n) is 4.42. The topological polar surface area (TPSA) is 77.2 Å². The first-order valence-corrected chi connectivity index (χ1v) is 8.28. The molecular formula is C18H19Cl2F4N3O2. The summed E-state index contributed by atoms with van der Waals surface area (Å²) in [5.74, 6) is -1.60. The number of hydrogen-bond donors (Lipinski definition) is 2. The molecule has 0 aliphatic heterocycles. The van der Waals surface area contributed by atoms with Gasteiger partial charge in [0.25, 0.3) is 0 Å². The molecule has 1 heterocycles. The first-order valence-electron chi connectivity index (χ1n) is 8.28. The Bertz CT molecular complexity index is 842. The van der Waals surface area contributed by atoms with Gasteiger partial charge in [-0.1, -0.05) is 12.8 Å². The predicted molar refractivity (Wildman–Crippen MR) is 104 cm³/mol. The van der Waals surface area contributed by atoms with Crippen LogP contribution in [0.3, 0.4) is 0 Å². The number of aromatic nitrogens is 1. The molecule has 0 unspecified atom stereocenters. The van der Waals surface area contributed by atoms with Crippen LogP contribution in [0.15, 0.2) is 36.5 Å². The number of carbonyl (C=O) groups is 1. The SMILES string of the molecule is Cl.Cl.NC1(C(=O)Nc2ccc(Oc3ccc(C(F)(F)F)cn3)c(F)c2)CCCC1. The number of nitrogens with zero attached hydrogens (tertiary/aromatic N) is 1. The average molecular weight is 456 g/mol. The molecule has 5 nitrogen and oxygen atoms in total. The lowest BCUT2D eigenvalue weighted by atomic mass is 9.98. The van der Waals surface area contributed by atoms with Crippen LogP contribution in [0.2, 0.25) is 0 Å². The fourth-order valence-corrected chi connectivity index (χ4v) is 2.87. The van der Waals surface area contributed by atoms with E-state index in [0.717, 1.165) is 31.0 Å². The zero-order valence-electron chi connectivity index (χ0n) is 15.0. The molecule has 1 saturated carbocycles. The molecule has 1 aromatic carbocycles. The van der Waals surface area contributed by atoms with Crippen LogP contribution in [-0.4, -0.2) is 16.4 Å². The number of nitrogens with one attached hydrogen (secondary N) is 1. The van der Waals surface area contributed by atoms with E-state index in [1.165, 1.54) is 12.1 Å². The van der Waals surface area contributed by atoms with Gasteiger partial charge in [0.2, 0.25) is 11.8 Å². The van der Waals surface area contributed by atoms with E-state index < -0.39 is 23.1 Å². The summed E-state index contributed by atoms with van der Waals surface area (Å²) in [6.07, 6.45) is -1.04. The van der Waals surface area contributed by atoms with Crippen molar-refractivity contribution in [2.75, 3.05) is 5.32 Å². The molecular weight excluding hydrogens is 437 g/mol. The van der Waals surface area contributed by atoms with Gasteiger partial charge in [-0.2, -0.15) is 13.2 Å². The Morgan fingerprint density at radius 1 is 1.14 bits per heavy atom. The van der Waals surface area contributed by atoms with Crippen molar-refractivity contribution in [3.63, 3.8) is 0 Å². The molecule has 1 aromatic heterocycles. The van der Waals surface area contributed by atoms with Crippen molar-refractivity contribution in [1.82, 2.24) is 4.98 Å². The number of alkyl halides is 3. The van der Waals surface area contributed by atoms with E-state index in [1.54, 1.807) is 0 Å². The summed E-state index contributed by atoms with van der Waals surface area (Å²) >= 11 is 0. The van der Waals surface area contributed by atoms with Gasteiger partial charge in [0.1, 0.15) is 0 Å². The highest BCUT2D eigenvalue weighted by atomic mass is 35.5. The third-order valence-corrected chi connectivity index (χ3v) is 4.42. The minimum absolute atomic E-state index is 0. The van der Waals surface area contributed by atoms with Crippen LogP contribution >= 0.6 is 24.8 Å². The molecule has 1 fully saturated rings. The number of ether oxygens (including phenoxy) is 1. The maximum atomic E-state index is 14.2. The lowest BCUT2D eigenvalue weighted by molar-refractivity contribution is -0.137. The minimum atomic E-state index is -4.52. The molecule has 1 aliphatic rings. The van der Waals surface area contributed by atoms with Crippen molar-refractivity contribution >= 4 is 36.4 Å². The van der Waals surface area contributed by atoms with E-state index in [9.17, 15) is 22.4 Å². The van der Waals surface area contributed by atoms with Gasteiger partial charge >= 0.3 is 6.18 Å². The normalized spacial score (nSPS) is 15.1. The van der Waals surface area contributed by atoms with Crippen molar-refractivity contribution in [3.8, 4) is 11.6 Å². The summed E-state index contributed by atoms with van der Waals surface area (Å²) in [6, 6.07) is 5.50. The van der Waals surface area contributed by atoms with Crippen LogP contribution in [0.25, 0.3) is 0 Å². The van der Waals surface area contributed by atoms with E-state index in [-0.39, 0.29) is 48.0 Å². The number of anilines is 1. The smallest absolute Gasteiger partial charge is 0.417 e. The van der Waals surface area contributed by atoms with E-state index >= 15 is 0 Å². The molecule has 3 rings (SSSR count). The second kappa shape index (κ2) is 9.60. The Hall–Kier alpha value is -2.10. The third kappa shape index (κ3) is 5.94. The Morgan fingerprint density at radius 3 is 2.31 bits per heavy atom. The second-order valence-corrected chi connectivity index (χ2v) is 6.45. The van der Waals surface area contributed by atoms with Gasteiger partial charge in [0, 0.05) is 24.0 Å². The number of halogens is 6. The van der Waals surface area contributed by atoms with Crippen LogP contribution in [-0.2, 0) is 11.0 Å². The molecule has 0 spiro atoms. The van der Waals surface area contributed by atoms with Crippen LogP contribution in [0, 0.1) is 5.82 Å². The van der Waals surface area contributed by atoms with Gasteiger partial charge in [-0.15, -0.1) is 24.8 Å². The van der Waals surface area contributed by atoms with Crippen molar-refractivity contribution in [2.24, 2.45) is 5.73 Å². The number of amides is 1. The first kappa shape index (κ1) is 24.9. The summed E-state index contributed by atoms with van der Waals surface area (Å²) < 4.78 is 56.9. The Labute approximate surface area is 176 Å². The zero-order valence-corrected chi connectivity index (χ0v) is 16.6. The van der Waals surface area contributed by atoms with Crippen molar-refractivity contribution in [1.29, 1.82) is 0 Å². The highest BCUT2D eigenvalue weighted by molar-refractivity contribution is 5.98. The summed E-state index contributed by atoms with van der Waals surface area (Å²) in [4.78, 5) is 15.8. The van der Waals surface area contributed by atoms with Gasteiger partial charge in [0.15, 0.2) is 11.6 Å². The summed E-state index contributed by atoms with van der Waals surface area (Å²) in [6.45, 7) is 0. The van der Waals surface area contributed by atoms with E-state index in [0.29, 0.717) is 19.0 Å². The standard InChI is InChI=1S/C18H17F4N3O2.2ClH/c19-13-9-12(25-16(26)17(23)7-1-2-8-17)4-5-14(13)27-15-6-3-11(10-24-15)18(20,21)22;;/h3-6,9-10H,1-2,7-8,23H2,(H,25,26);2*1H. The van der Waals surface area contributed by atoms with Crippen LogP contribution in [0.4, 0.5) is 23.2 Å². The van der Waals surface area contributed by atoms with E-state index in [4.69, 9.17) is 10.5 Å². The highest BCUT2D eigenvalue weighted by Gasteiger charge is 2.37. The predicted octanol–water partition coefficient (Wildman–Crippen LogP) is 5.09. The van der Waals surface area contributed by atoms with E-state index in [2.05, 4.69) is 10.3 Å². The number of rotatable bonds is 4. The molecule has 1 amide bonds. The largest absolute Gasteiger partial charge is 0.436 e. The lowest BCUT2D eigenvalue weighted by Gasteiger charge is -2.22. The van der Waals surface area contributed by atoms with Gasteiger partial charge in [-0.25, -0.2) is 9.37 Å². The molecule has 2 aromatic rings. The number of nitrogens with two attached hydrogens (primary N) is 1. The first-order chi connectivity index (χ1) is 12.7. The molecule has 29 heavy (non-hydrogen) atoms. The zero-order chi connectivity index (χ0) is 19.7. The van der Waals surface area contributed by atoms with Gasteiger partial charge in [-0.05, 0) is 31.0 Å². The maximum Gasteiger partial charge on any atom is 0.417 e. The van der Waals surface area contributed by atoms with Gasteiger partial charge in [0.05, 0.1) is 11.1 Å². The number of carbonyl (C=O) groups excluding carboxylic acids is 1. The van der Waals surface area contributed by atoms with Crippen LogP contribution < -0.4 is 15.8 Å². The number of hydrogen-bond acceptors (Lipinski definition) is 4. The molecule has 0 radical (unpaired) electrons.